The van der Waals surface area contributed by atoms with Crippen LogP contribution in [0, 0.1) is 13.8 Å². The van der Waals surface area contributed by atoms with Crippen molar-refractivity contribution in [2.45, 2.75) is 27.2 Å². The lowest BCUT2D eigenvalue weighted by Crippen LogP contribution is -2.54. The summed E-state index contributed by atoms with van der Waals surface area (Å²) in [4.78, 5) is 62.4. The molecular formula is C27H23N3O7. The second-order valence-electron chi connectivity index (χ2n) is 8.52. The zero-order chi connectivity index (χ0) is 27.0. The van der Waals surface area contributed by atoms with E-state index in [0.29, 0.717) is 28.3 Å². The van der Waals surface area contributed by atoms with E-state index in [9.17, 15) is 34.2 Å². The van der Waals surface area contributed by atoms with Crippen molar-refractivity contribution in [3.63, 3.8) is 0 Å². The van der Waals surface area contributed by atoms with Gasteiger partial charge in [0.1, 0.15) is 5.57 Å². The Morgan fingerprint density at radius 2 is 1.49 bits per heavy atom. The number of anilines is 1. The van der Waals surface area contributed by atoms with Crippen LogP contribution in [0.25, 0.3) is 11.8 Å². The highest BCUT2D eigenvalue weighted by Gasteiger charge is 2.37. The lowest BCUT2D eigenvalue weighted by Gasteiger charge is -2.26. The molecule has 10 heteroatoms. The van der Waals surface area contributed by atoms with Crippen molar-refractivity contribution >= 4 is 41.5 Å². The van der Waals surface area contributed by atoms with Crippen molar-refractivity contribution in [3.05, 3.63) is 87.7 Å². The minimum absolute atomic E-state index is 0.201. The van der Waals surface area contributed by atoms with Crippen LogP contribution in [0.15, 0.2) is 54.1 Å². The van der Waals surface area contributed by atoms with Crippen molar-refractivity contribution in [1.29, 1.82) is 0 Å². The van der Waals surface area contributed by atoms with Crippen LogP contribution >= 0.6 is 0 Å². The van der Waals surface area contributed by atoms with Crippen LogP contribution in [0.1, 0.15) is 50.2 Å². The van der Waals surface area contributed by atoms with Crippen molar-refractivity contribution in [2.24, 2.45) is 0 Å². The van der Waals surface area contributed by atoms with Crippen molar-refractivity contribution in [1.82, 2.24) is 9.88 Å². The number of aryl methyl sites for hydroxylation is 2. The summed E-state index contributed by atoms with van der Waals surface area (Å²) in [6, 6.07) is 11.4. The first-order chi connectivity index (χ1) is 17.5. The van der Waals surface area contributed by atoms with E-state index in [-0.39, 0.29) is 16.7 Å². The number of benzene rings is 2. The Kier molecular flexibility index (Phi) is 6.50. The van der Waals surface area contributed by atoms with Gasteiger partial charge >= 0.3 is 18.0 Å². The lowest BCUT2D eigenvalue weighted by atomic mass is 10.1. The number of carboxylic acid groups (broad SMARTS) is 2. The quantitative estimate of drug-likeness (QED) is 0.345. The number of aromatic carboxylic acids is 2. The highest BCUT2D eigenvalue weighted by molar-refractivity contribution is 6.39. The van der Waals surface area contributed by atoms with Gasteiger partial charge in [0.2, 0.25) is 0 Å². The molecule has 1 saturated heterocycles. The maximum absolute atomic E-state index is 13.3. The van der Waals surface area contributed by atoms with Gasteiger partial charge < -0.3 is 14.8 Å². The second-order valence-corrected chi connectivity index (χ2v) is 8.52. The van der Waals surface area contributed by atoms with Crippen LogP contribution in [0.2, 0.25) is 0 Å². The molecule has 0 bridgehead atoms. The molecule has 1 aliphatic heterocycles. The van der Waals surface area contributed by atoms with Gasteiger partial charge in [0.15, 0.2) is 0 Å². The Balaban J connectivity index is 1.78. The number of nitrogens with zero attached hydrogens (tertiary/aromatic N) is 2. The second kappa shape index (κ2) is 9.57. The highest BCUT2D eigenvalue weighted by atomic mass is 16.4. The van der Waals surface area contributed by atoms with E-state index in [1.54, 1.807) is 48.7 Å². The van der Waals surface area contributed by atoms with Crippen molar-refractivity contribution in [3.8, 4) is 5.69 Å². The SMILES string of the molecule is CCc1ccc(N2C(=O)NC(=O)/C(=C\c3cc(C)n(-c4cc(C(=O)O)cc(C(=O)O)c4)c3C)C2=O)cc1. The summed E-state index contributed by atoms with van der Waals surface area (Å²) in [5.74, 6) is -4.20. The number of hydrogen-bond donors (Lipinski definition) is 3. The molecule has 1 aromatic heterocycles. The Hall–Kier alpha value is -4.99. The summed E-state index contributed by atoms with van der Waals surface area (Å²) in [5.41, 5.74) is 2.56. The van der Waals surface area contributed by atoms with Gasteiger partial charge in [0.05, 0.1) is 16.8 Å². The van der Waals surface area contributed by atoms with E-state index in [1.807, 2.05) is 6.92 Å². The third-order valence-corrected chi connectivity index (χ3v) is 6.14. The average molecular weight is 501 g/mol. The number of rotatable bonds is 6. The fourth-order valence-electron chi connectivity index (χ4n) is 4.25. The van der Waals surface area contributed by atoms with Gasteiger partial charge in [-0.3, -0.25) is 14.9 Å². The molecule has 1 fully saturated rings. The van der Waals surface area contributed by atoms with Gasteiger partial charge in [-0.1, -0.05) is 19.1 Å². The summed E-state index contributed by atoms with van der Waals surface area (Å²) in [5, 5.41) is 21.0. The zero-order valence-corrected chi connectivity index (χ0v) is 20.2. The summed E-state index contributed by atoms with van der Waals surface area (Å²) in [6.07, 6.45) is 2.14. The molecule has 10 nitrogen and oxygen atoms in total. The first kappa shape index (κ1) is 25.1. The lowest BCUT2D eigenvalue weighted by molar-refractivity contribution is -0.122. The Morgan fingerprint density at radius 3 is 2.03 bits per heavy atom. The number of nitrogens with one attached hydrogen (secondary N) is 1. The predicted molar refractivity (Wildman–Crippen MR) is 134 cm³/mol. The monoisotopic (exact) mass is 501 g/mol. The molecule has 0 aliphatic carbocycles. The van der Waals surface area contributed by atoms with Crippen molar-refractivity contribution in [2.75, 3.05) is 4.90 Å². The number of amides is 4. The molecule has 37 heavy (non-hydrogen) atoms. The number of barbiturate groups is 1. The standard InChI is InChI=1S/C27H23N3O7/c1-4-16-5-7-20(8-6-16)30-24(32)22(23(31)28-27(30)37)13-17-9-14(2)29(15(17)3)21-11-18(25(33)34)10-19(12-21)26(35)36/h5-13H,4H2,1-3H3,(H,33,34)(H,35,36)(H,28,31,37)/b22-13+. The molecule has 2 heterocycles. The molecule has 0 unspecified atom stereocenters. The predicted octanol–water partition coefficient (Wildman–Crippen LogP) is 3.72. The molecular weight excluding hydrogens is 478 g/mol. The maximum atomic E-state index is 13.3. The highest BCUT2D eigenvalue weighted by Crippen LogP contribution is 2.27. The molecule has 2 aromatic carbocycles. The number of hydrogen-bond acceptors (Lipinski definition) is 5. The molecule has 0 spiro atoms. The maximum Gasteiger partial charge on any atom is 0.335 e. The first-order valence-corrected chi connectivity index (χ1v) is 11.3. The van der Waals surface area contributed by atoms with Gasteiger partial charge in [0, 0.05) is 17.1 Å². The van der Waals surface area contributed by atoms with Gasteiger partial charge in [-0.25, -0.2) is 19.3 Å². The molecule has 0 saturated carbocycles. The molecule has 3 aromatic rings. The fourth-order valence-corrected chi connectivity index (χ4v) is 4.25. The number of imide groups is 2. The van der Waals surface area contributed by atoms with Gasteiger partial charge in [-0.15, -0.1) is 0 Å². The Morgan fingerprint density at radius 1 is 0.892 bits per heavy atom. The number of aromatic nitrogens is 1. The van der Waals surface area contributed by atoms with Gasteiger partial charge in [-0.2, -0.15) is 0 Å². The molecule has 1 aliphatic rings. The van der Waals surface area contributed by atoms with Crippen LogP contribution in [-0.4, -0.2) is 44.6 Å². The third-order valence-electron chi connectivity index (χ3n) is 6.14. The first-order valence-electron chi connectivity index (χ1n) is 11.3. The zero-order valence-electron chi connectivity index (χ0n) is 20.2. The molecule has 0 radical (unpaired) electrons. The topological polar surface area (TPSA) is 146 Å². The Bertz CT molecular complexity index is 1480. The number of urea groups is 1. The minimum Gasteiger partial charge on any atom is -0.478 e. The van der Waals surface area contributed by atoms with E-state index < -0.39 is 29.8 Å². The van der Waals surface area contributed by atoms with E-state index in [1.165, 1.54) is 18.2 Å². The Labute approximate surface area is 211 Å². The third kappa shape index (κ3) is 4.64. The van der Waals surface area contributed by atoms with E-state index in [2.05, 4.69) is 5.32 Å². The van der Waals surface area contributed by atoms with Crippen molar-refractivity contribution < 1.29 is 34.2 Å². The summed E-state index contributed by atoms with van der Waals surface area (Å²) in [6.45, 7) is 5.38. The molecule has 0 atom stereocenters. The number of carbonyl (C=O) groups excluding carboxylic acids is 3. The summed E-state index contributed by atoms with van der Waals surface area (Å²) < 4.78 is 1.63. The van der Waals surface area contributed by atoms with Gasteiger partial charge in [-0.05, 0) is 73.9 Å². The summed E-state index contributed by atoms with van der Waals surface area (Å²) >= 11 is 0. The molecule has 188 valence electrons. The van der Waals surface area contributed by atoms with Crippen LogP contribution < -0.4 is 10.2 Å². The average Bonchev–Trinajstić information content (AvgIpc) is 3.14. The van der Waals surface area contributed by atoms with Crippen LogP contribution in [0.5, 0.6) is 0 Å². The van der Waals surface area contributed by atoms with Crippen LogP contribution in [-0.2, 0) is 16.0 Å². The number of carbonyl (C=O) groups is 5. The minimum atomic E-state index is -1.28. The van der Waals surface area contributed by atoms with Gasteiger partial charge in [0.25, 0.3) is 11.8 Å². The van der Waals surface area contributed by atoms with Crippen LogP contribution in [0.4, 0.5) is 10.5 Å². The van der Waals surface area contributed by atoms with E-state index in [4.69, 9.17) is 0 Å². The summed E-state index contributed by atoms with van der Waals surface area (Å²) in [7, 11) is 0. The van der Waals surface area contributed by atoms with E-state index in [0.717, 1.165) is 23.0 Å². The molecule has 4 rings (SSSR count). The smallest absolute Gasteiger partial charge is 0.335 e. The fraction of sp³-hybridized carbons (Fsp3) is 0.148. The molecule has 4 amide bonds. The van der Waals surface area contributed by atoms with E-state index >= 15 is 0 Å². The largest absolute Gasteiger partial charge is 0.478 e. The normalized spacial score (nSPS) is 14.7. The van der Waals surface area contributed by atoms with Crippen LogP contribution in [0.3, 0.4) is 0 Å². The number of carboxylic acids is 2. The molecule has 3 N–H and O–H groups in total.